The highest BCUT2D eigenvalue weighted by molar-refractivity contribution is 5.98. The van der Waals surface area contributed by atoms with Crippen molar-refractivity contribution in [3.63, 3.8) is 0 Å². The van der Waals surface area contributed by atoms with Crippen molar-refractivity contribution in [2.24, 2.45) is 0 Å². The van der Waals surface area contributed by atoms with Crippen LogP contribution in [-0.4, -0.2) is 48.6 Å². The summed E-state index contributed by atoms with van der Waals surface area (Å²) >= 11 is 0. The molecule has 7 nitrogen and oxygen atoms in total. The second kappa shape index (κ2) is 8.75. The van der Waals surface area contributed by atoms with Gasteiger partial charge in [-0.1, -0.05) is 30.3 Å². The highest BCUT2D eigenvalue weighted by Crippen LogP contribution is 2.31. The Morgan fingerprint density at radius 3 is 2.43 bits per heavy atom. The lowest BCUT2D eigenvalue weighted by atomic mass is 9.99. The number of carbonyl (C=O) groups is 1. The van der Waals surface area contributed by atoms with E-state index in [0.717, 1.165) is 30.0 Å². The van der Waals surface area contributed by atoms with E-state index in [0.29, 0.717) is 30.2 Å². The average Bonchev–Trinajstić information content (AvgIpc) is 2.80. The van der Waals surface area contributed by atoms with Gasteiger partial charge in [0.2, 0.25) is 0 Å². The summed E-state index contributed by atoms with van der Waals surface area (Å²) in [4.78, 5) is 18.2. The number of nitrogens with one attached hydrogen (secondary N) is 2. The summed E-state index contributed by atoms with van der Waals surface area (Å²) in [5, 5.41) is 20.6. The van der Waals surface area contributed by atoms with E-state index in [1.165, 1.54) is 12.3 Å². The summed E-state index contributed by atoms with van der Waals surface area (Å²) < 4.78 is 5.41. The van der Waals surface area contributed by atoms with Gasteiger partial charge in [0.1, 0.15) is 5.82 Å². The maximum atomic E-state index is 11.7. The lowest BCUT2D eigenvalue weighted by Crippen LogP contribution is -2.36. The molecule has 4 rings (SSSR count). The molecule has 0 amide bonds. The van der Waals surface area contributed by atoms with Crippen molar-refractivity contribution in [2.75, 3.05) is 36.5 Å². The minimum Gasteiger partial charge on any atom is -0.477 e. The molecule has 7 heteroatoms. The number of nitrogens with zero attached hydrogens (tertiary/aromatic N) is 2. The zero-order valence-electron chi connectivity index (χ0n) is 16.3. The largest absolute Gasteiger partial charge is 0.477 e. The van der Waals surface area contributed by atoms with Crippen LogP contribution in [0.5, 0.6) is 0 Å². The third-order valence-electron chi connectivity index (χ3n) is 5.01. The molecule has 0 bridgehead atoms. The number of hydrogen-bond donors (Lipinski definition) is 3. The van der Waals surface area contributed by atoms with E-state index in [1.54, 1.807) is 0 Å². The van der Waals surface area contributed by atoms with Gasteiger partial charge in [-0.05, 0) is 41.5 Å². The minimum atomic E-state index is -1.12. The molecule has 0 radical (unpaired) electrons. The van der Waals surface area contributed by atoms with Gasteiger partial charge in [0.15, 0.2) is 5.69 Å². The zero-order chi connectivity index (χ0) is 20.9. The highest BCUT2D eigenvalue weighted by Gasteiger charge is 2.17. The van der Waals surface area contributed by atoms with Gasteiger partial charge in [-0.2, -0.15) is 0 Å². The van der Waals surface area contributed by atoms with E-state index in [9.17, 15) is 9.90 Å². The third-order valence-corrected chi connectivity index (χ3v) is 5.01. The van der Waals surface area contributed by atoms with Gasteiger partial charge in [0.05, 0.1) is 13.2 Å². The fourth-order valence-corrected chi connectivity index (χ4v) is 3.48. The smallest absolute Gasteiger partial charge is 0.354 e. The fourth-order valence-electron chi connectivity index (χ4n) is 3.48. The monoisotopic (exact) mass is 402 g/mol. The fraction of sp³-hybridized carbons (Fsp3) is 0.174. The Kier molecular flexibility index (Phi) is 5.72. The van der Waals surface area contributed by atoms with Crippen LogP contribution in [0.4, 0.5) is 17.2 Å². The van der Waals surface area contributed by atoms with E-state index in [1.807, 2.05) is 54.6 Å². The van der Waals surface area contributed by atoms with Gasteiger partial charge < -0.3 is 25.5 Å². The lowest BCUT2D eigenvalue weighted by molar-refractivity contribution is 0.0690. The Bertz CT molecular complexity index is 1050. The number of rotatable bonds is 6. The third kappa shape index (κ3) is 4.16. The van der Waals surface area contributed by atoms with E-state index >= 15 is 0 Å². The van der Waals surface area contributed by atoms with Crippen LogP contribution in [-0.2, 0) is 4.74 Å². The van der Waals surface area contributed by atoms with Crippen molar-refractivity contribution in [1.29, 1.82) is 5.41 Å². The second-order valence-corrected chi connectivity index (χ2v) is 6.90. The average molecular weight is 402 g/mol. The zero-order valence-corrected chi connectivity index (χ0v) is 16.3. The Hall–Kier alpha value is -3.71. The van der Waals surface area contributed by atoms with Crippen LogP contribution >= 0.6 is 0 Å². The number of aromatic nitrogens is 1. The molecule has 1 aliphatic heterocycles. The normalized spacial score (nSPS) is 13.7. The van der Waals surface area contributed by atoms with Crippen molar-refractivity contribution in [1.82, 2.24) is 4.98 Å². The van der Waals surface area contributed by atoms with Gasteiger partial charge in [-0.3, -0.25) is 0 Å². The maximum Gasteiger partial charge on any atom is 0.354 e. The molecule has 0 aliphatic carbocycles. The molecule has 3 aromatic rings. The van der Waals surface area contributed by atoms with Crippen molar-refractivity contribution in [2.45, 2.75) is 0 Å². The maximum absolute atomic E-state index is 11.7. The van der Waals surface area contributed by atoms with Gasteiger partial charge in [0.25, 0.3) is 0 Å². The first kappa shape index (κ1) is 19.6. The first-order valence-corrected chi connectivity index (χ1v) is 9.70. The van der Waals surface area contributed by atoms with E-state index in [-0.39, 0.29) is 5.69 Å². The Balaban J connectivity index is 1.74. The molecule has 1 saturated heterocycles. The molecule has 2 aromatic carbocycles. The van der Waals surface area contributed by atoms with Crippen molar-refractivity contribution in [3.05, 3.63) is 71.9 Å². The van der Waals surface area contributed by atoms with Crippen LogP contribution in [0, 0.1) is 5.41 Å². The van der Waals surface area contributed by atoms with E-state index in [2.05, 4.69) is 15.2 Å². The van der Waals surface area contributed by atoms with Crippen molar-refractivity contribution < 1.29 is 14.6 Å². The SMILES string of the molecule is N=Cc1c(-c2ccc(N3CCOCC3)cc2)cc(C(=O)O)nc1Nc1ccccc1. The summed E-state index contributed by atoms with van der Waals surface area (Å²) in [5.74, 6) is -0.780. The number of morpholine rings is 1. The molecule has 0 atom stereocenters. The molecule has 1 fully saturated rings. The number of aromatic carboxylic acids is 1. The standard InChI is InChI=1S/C23H22N4O3/c24-15-20-19(16-6-8-18(9-7-16)27-10-12-30-13-11-27)14-21(23(28)29)26-22(20)25-17-4-2-1-3-5-17/h1-9,14-15,24H,10-13H2,(H,25,26)(H,28,29). The van der Waals surface area contributed by atoms with Crippen LogP contribution in [0.1, 0.15) is 16.1 Å². The molecule has 2 heterocycles. The number of carboxylic acid groups (broad SMARTS) is 1. The second-order valence-electron chi connectivity index (χ2n) is 6.90. The van der Waals surface area contributed by atoms with Crippen LogP contribution in [0.25, 0.3) is 11.1 Å². The first-order chi connectivity index (χ1) is 14.7. The van der Waals surface area contributed by atoms with Gasteiger partial charge in [0, 0.05) is 36.2 Å². The van der Waals surface area contributed by atoms with Crippen LogP contribution < -0.4 is 10.2 Å². The Morgan fingerprint density at radius 1 is 1.10 bits per heavy atom. The number of para-hydroxylation sites is 1. The number of pyridine rings is 1. The minimum absolute atomic E-state index is 0.0775. The molecule has 0 spiro atoms. The number of benzene rings is 2. The summed E-state index contributed by atoms with van der Waals surface area (Å²) in [6, 6.07) is 18.8. The van der Waals surface area contributed by atoms with Crippen molar-refractivity contribution in [3.8, 4) is 11.1 Å². The highest BCUT2D eigenvalue weighted by atomic mass is 16.5. The van der Waals surface area contributed by atoms with Crippen molar-refractivity contribution >= 4 is 29.4 Å². The van der Waals surface area contributed by atoms with E-state index < -0.39 is 5.97 Å². The summed E-state index contributed by atoms with van der Waals surface area (Å²) in [6.07, 6.45) is 1.20. The molecule has 1 aromatic heterocycles. The summed E-state index contributed by atoms with van der Waals surface area (Å²) in [7, 11) is 0. The number of carboxylic acids is 1. The quantitative estimate of drug-likeness (QED) is 0.539. The van der Waals surface area contributed by atoms with Crippen LogP contribution in [0.3, 0.4) is 0 Å². The molecule has 1 aliphatic rings. The molecular formula is C23H22N4O3. The number of ether oxygens (including phenoxy) is 1. The predicted molar refractivity (Wildman–Crippen MR) is 117 cm³/mol. The summed E-state index contributed by atoms with van der Waals surface area (Å²) in [6.45, 7) is 3.10. The predicted octanol–water partition coefficient (Wildman–Crippen LogP) is 4.02. The summed E-state index contributed by atoms with van der Waals surface area (Å²) in [5.41, 5.74) is 3.78. The molecule has 0 saturated carbocycles. The Labute approximate surface area is 174 Å². The molecule has 30 heavy (non-hydrogen) atoms. The lowest BCUT2D eigenvalue weighted by Gasteiger charge is -2.29. The van der Waals surface area contributed by atoms with Crippen LogP contribution in [0.2, 0.25) is 0 Å². The van der Waals surface area contributed by atoms with Gasteiger partial charge >= 0.3 is 5.97 Å². The first-order valence-electron chi connectivity index (χ1n) is 9.70. The van der Waals surface area contributed by atoms with Crippen LogP contribution in [0.15, 0.2) is 60.7 Å². The number of anilines is 3. The molecule has 152 valence electrons. The van der Waals surface area contributed by atoms with Gasteiger partial charge in [-0.15, -0.1) is 0 Å². The number of hydrogen-bond acceptors (Lipinski definition) is 6. The Morgan fingerprint density at radius 2 is 1.80 bits per heavy atom. The molecule has 3 N–H and O–H groups in total. The molecule has 0 unspecified atom stereocenters. The van der Waals surface area contributed by atoms with Gasteiger partial charge in [-0.25, -0.2) is 9.78 Å². The molecular weight excluding hydrogens is 380 g/mol. The van der Waals surface area contributed by atoms with E-state index in [4.69, 9.17) is 10.1 Å². The topological polar surface area (TPSA) is 98.5 Å².